The number of nitrogens with zero attached hydrogens (tertiary/aromatic N) is 1. The quantitative estimate of drug-likeness (QED) is 0.597. The minimum absolute atomic E-state index is 0.181. The molecule has 0 aliphatic carbocycles. The number of benzene rings is 1. The zero-order valence-corrected chi connectivity index (χ0v) is 7.06. The molecule has 2 heteroatoms. The average molecular weight is 153 g/mol. The van der Waals surface area contributed by atoms with Crippen molar-refractivity contribution < 1.29 is 4.39 Å². The summed E-state index contributed by atoms with van der Waals surface area (Å²) >= 11 is 0. The number of hydrogen-bond acceptors (Lipinski definition) is 1. The maximum Gasteiger partial charge on any atom is 0.125 e. The van der Waals surface area contributed by atoms with Crippen LogP contribution in [-0.2, 0) is 0 Å². The maximum atomic E-state index is 12.7. The second-order valence-corrected chi connectivity index (χ2v) is 2.83. The Hall–Kier alpha value is -1.05. The molecular formula is C9H12FN. The number of halogens is 1. The van der Waals surface area contributed by atoms with Crippen molar-refractivity contribution in [3.8, 4) is 0 Å². The highest BCUT2D eigenvalue weighted by Crippen LogP contribution is 2.17. The van der Waals surface area contributed by atoms with Gasteiger partial charge in [0.05, 0.1) is 0 Å². The molecule has 0 spiro atoms. The first-order valence-electron chi connectivity index (χ1n) is 3.55. The van der Waals surface area contributed by atoms with Crippen LogP contribution in [0, 0.1) is 12.7 Å². The Bertz CT molecular complexity index is 256. The summed E-state index contributed by atoms with van der Waals surface area (Å²) in [5.41, 5.74) is 2.03. The molecule has 0 N–H and O–H groups in total. The average Bonchev–Trinajstić information content (AvgIpc) is 1.94. The Balaban J connectivity index is 3.13. The third-order valence-electron chi connectivity index (χ3n) is 1.65. The summed E-state index contributed by atoms with van der Waals surface area (Å²) in [6.07, 6.45) is 0. The van der Waals surface area contributed by atoms with Gasteiger partial charge in [0.2, 0.25) is 0 Å². The number of hydrogen-bond donors (Lipinski definition) is 0. The van der Waals surface area contributed by atoms with Gasteiger partial charge in [-0.2, -0.15) is 0 Å². The van der Waals surface area contributed by atoms with Crippen molar-refractivity contribution in [3.63, 3.8) is 0 Å². The van der Waals surface area contributed by atoms with Crippen molar-refractivity contribution in [2.45, 2.75) is 6.92 Å². The smallest absolute Gasteiger partial charge is 0.125 e. The van der Waals surface area contributed by atoms with Gasteiger partial charge in [0.1, 0.15) is 5.82 Å². The summed E-state index contributed by atoms with van der Waals surface area (Å²) in [4.78, 5) is 1.90. The zero-order valence-electron chi connectivity index (χ0n) is 7.06. The highest BCUT2D eigenvalue weighted by molar-refractivity contribution is 5.51. The molecule has 11 heavy (non-hydrogen) atoms. The molecule has 1 nitrogen and oxygen atoms in total. The van der Waals surface area contributed by atoms with Gasteiger partial charge in [-0.25, -0.2) is 4.39 Å². The first kappa shape index (κ1) is 8.05. The van der Waals surface area contributed by atoms with Crippen LogP contribution >= 0.6 is 0 Å². The van der Waals surface area contributed by atoms with E-state index in [1.807, 2.05) is 25.9 Å². The van der Waals surface area contributed by atoms with Gasteiger partial charge in [0.15, 0.2) is 0 Å². The van der Waals surface area contributed by atoms with E-state index in [2.05, 4.69) is 0 Å². The van der Waals surface area contributed by atoms with E-state index in [-0.39, 0.29) is 5.82 Å². The number of aryl methyl sites for hydroxylation is 1. The second-order valence-electron chi connectivity index (χ2n) is 2.83. The van der Waals surface area contributed by atoms with Crippen LogP contribution in [0.15, 0.2) is 18.2 Å². The lowest BCUT2D eigenvalue weighted by molar-refractivity contribution is 0.627. The molecule has 0 heterocycles. The SMILES string of the molecule is Cc1ccc(F)cc1N(C)C. The van der Waals surface area contributed by atoms with Gasteiger partial charge in [-0.3, -0.25) is 0 Å². The Morgan fingerprint density at radius 3 is 2.36 bits per heavy atom. The minimum atomic E-state index is -0.181. The zero-order chi connectivity index (χ0) is 8.43. The standard InChI is InChI=1S/C9H12FN/c1-7-4-5-8(10)6-9(7)11(2)3/h4-6H,1-3H3. The van der Waals surface area contributed by atoms with Gasteiger partial charge in [0, 0.05) is 19.8 Å². The molecule has 1 aromatic rings. The Labute approximate surface area is 66.5 Å². The van der Waals surface area contributed by atoms with Crippen molar-refractivity contribution in [2.75, 3.05) is 19.0 Å². The Kier molecular flexibility index (Phi) is 2.13. The van der Waals surface area contributed by atoms with E-state index < -0.39 is 0 Å². The molecule has 60 valence electrons. The van der Waals surface area contributed by atoms with E-state index in [9.17, 15) is 4.39 Å². The molecule has 0 aliphatic heterocycles. The molecule has 1 rings (SSSR count). The summed E-state index contributed by atoms with van der Waals surface area (Å²) in [6, 6.07) is 4.79. The van der Waals surface area contributed by atoms with Crippen LogP contribution in [0.25, 0.3) is 0 Å². The monoisotopic (exact) mass is 153 g/mol. The summed E-state index contributed by atoms with van der Waals surface area (Å²) in [5.74, 6) is -0.181. The van der Waals surface area contributed by atoms with Gasteiger partial charge in [-0.05, 0) is 24.6 Å². The van der Waals surface area contributed by atoms with E-state index in [0.29, 0.717) is 0 Å². The number of anilines is 1. The van der Waals surface area contributed by atoms with E-state index in [0.717, 1.165) is 11.3 Å². The Morgan fingerprint density at radius 1 is 1.27 bits per heavy atom. The summed E-state index contributed by atoms with van der Waals surface area (Å²) in [6.45, 7) is 1.97. The van der Waals surface area contributed by atoms with Crippen molar-refractivity contribution in [1.82, 2.24) is 0 Å². The maximum absolute atomic E-state index is 12.7. The molecule has 0 aliphatic rings. The van der Waals surface area contributed by atoms with Crippen LogP contribution in [0.3, 0.4) is 0 Å². The lowest BCUT2D eigenvalue weighted by atomic mass is 10.2. The van der Waals surface area contributed by atoms with Crippen LogP contribution in [-0.4, -0.2) is 14.1 Å². The van der Waals surface area contributed by atoms with Crippen LogP contribution < -0.4 is 4.90 Å². The van der Waals surface area contributed by atoms with Crippen LogP contribution in [0.4, 0.5) is 10.1 Å². The van der Waals surface area contributed by atoms with Crippen molar-refractivity contribution in [3.05, 3.63) is 29.6 Å². The van der Waals surface area contributed by atoms with Crippen LogP contribution in [0.2, 0.25) is 0 Å². The van der Waals surface area contributed by atoms with Crippen molar-refractivity contribution in [2.24, 2.45) is 0 Å². The lowest BCUT2D eigenvalue weighted by Gasteiger charge is -2.14. The van der Waals surface area contributed by atoms with E-state index >= 15 is 0 Å². The van der Waals surface area contributed by atoms with Gasteiger partial charge >= 0.3 is 0 Å². The third-order valence-corrected chi connectivity index (χ3v) is 1.65. The van der Waals surface area contributed by atoms with Gasteiger partial charge < -0.3 is 4.90 Å². The fraction of sp³-hybridized carbons (Fsp3) is 0.333. The third kappa shape index (κ3) is 1.70. The van der Waals surface area contributed by atoms with Crippen LogP contribution in [0.5, 0.6) is 0 Å². The highest BCUT2D eigenvalue weighted by atomic mass is 19.1. The van der Waals surface area contributed by atoms with Gasteiger partial charge in [-0.1, -0.05) is 6.07 Å². The predicted octanol–water partition coefficient (Wildman–Crippen LogP) is 2.20. The molecule has 0 atom stereocenters. The summed E-state index contributed by atoms with van der Waals surface area (Å²) < 4.78 is 12.7. The van der Waals surface area contributed by atoms with Crippen molar-refractivity contribution >= 4 is 5.69 Å². The van der Waals surface area contributed by atoms with E-state index in [4.69, 9.17) is 0 Å². The summed E-state index contributed by atoms with van der Waals surface area (Å²) in [7, 11) is 3.81. The molecule has 0 saturated heterocycles. The fourth-order valence-corrected chi connectivity index (χ4v) is 1.06. The topological polar surface area (TPSA) is 3.24 Å². The lowest BCUT2D eigenvalue weighted by Crippen LogP contribution is -2.10. The van der Waals surface area contributed by atoms with Crippen molar-refractivity contribution in [1.29, 1.82) is 0 Å². The predicted molar refractivity (Wildman–Crippen MR) is 45.5 cm³/mol. The highest BCUT2D eigenvalue weighted by Gasteiger charge is 2.00. The Morgan fingerprint density at radius 2 is 1.91 bits per heavy atom. The molecule has 0 aromatic heterocycles. The first-order valence-corrected chi connectivity index (χ1v) is 3.55. The van der Waals surface area contributed by atoms with Crippen LogP contribution in [0.1, 0.15) is 5.56 Å². The molecule has 0 saturated carbocycles. The largest absolute Gasteiger partial charge is 0.377 e. The van der Waals surface area contributed by atoms with Gasteiger partial charge in [-0.15, -0.1) is 0 Å². The fourth-order valence-electron chi connectivity index (χ4n) is 1.06. The number of rotatable bonds is 1. The minimum Gasteiger partial charge on any atom is -0.377 e. The molecule has 0 radical (unpaired) electrons. The molecule has 0 unspecified atom stereocenters. The van der Waals surface area contributed by atoms with Gasteiger partial charge in [0.25, 0.3) is 0 Å². The first-order chi connectivity index (χ1) is 5.11. The second kappa shape index (κ2) is 2.91. The molecule has 0 fully saturated rings. The summed E-state index contributed by atoms with van der Waals surface area (Å²) in [5, 5.41) is 0. The molecule has 0 bridgehead atoms. The normalized spacial score (nSPS) is 9.82. The van der Waals surface area contributed by atoms with E-state index in [1.54, 1.807) is 6.07 Å². The molecule has 1 aromatic carbocycles. The molecular weight excluding hydrogens is 141 g/mol. The van der Waals surface area contributed by atoms with E-state index in [1.165, 1.54) is 12.1 Å². The molecule has 0 amide bonds.